The molecule has 0 aliphatic carbocycles. The number of ether oxygens (including phenoxy) is 1. The maximum atomic E-state index is 5.98. The van der Waals surface area contributed by atoms with E-state index in [0.29, 0.717) is 5.92 Å². The van der Waals surface area contributed by atoms with Gasteiger partial charge in [-0.3, -0.25) is 4.90 Å². The van der Waals surface area contributed by atoms with E-state index in [9.17, 15) is 0 Å². The zero-order chi connectivity index (χ0) is 16.9. The van der Waals surface area contributed by atoms with E-state index in [-0.39, 0.29) is 0 Å². The van der Waals surface area contributed by atoms with Crippen LogP contribution in [0, 0.1) is 5.92 Å². The lowest BCUT2D eigenvalue weighted by molar-refractivity contribution is 0.218. The molecule has 2 aliphatic heterocycles. The fourth-order valence-electron chi connectivity index (χ4n) is 3.92. The Hall–Kier alpha value is -1.84. The van der Waals surface area contributed by atoms with E-state index in [1.165, 1.54) is 29.5 Å². The molecular formula is C22H28N2O. The molecule has 0 bridgehead atoms. The molecule has 0 radical (unpaired) electrons. The van der Waals surface area contributed by atoms with Crippen molar-refractivity contribution in [3.05, 3.63) is 65.2 Å². The minimum Gasteiger partial charge on any atom is -0.493 e. The van der Waals surface area contributed by atoms with Crippen LogP contribution in [-0.2, 0) is 19.5 Å². The van der Waals surface area contributed by atoms with Crippen molar-refractivity contribution in [2.45, 2.75) is 32.4 Å². The number of hydrogen-bond donors (Lipinski definition) is 1. The molecule has 25 heavy (non-hydrogen) atoms. The third-order valence-electron chi connectivity index (χ3n) is 5.42. The van der Waals surface area contributed by atoms with Gasteiger partial charge in [0, 0.05) is 32.1 Å². The highest BCUT2D eigenvalue weighted by Crippen LogP contribution is 2.21. The molecule has 0 aromatic heterocycles. The Bertz CT molecular complexity index is 677. The van der Waals surface area contributed by atoms with Crippen LogP contribution >= 0.6 is 0 Å². The van der Waals surface area contributed by atoms with Crippen LogP contribution in [0.25, 0.3) is 0 Å². The predicted molar refractivity (Wildman–Crippen MR) is 102 cm³/mol. The van der Waals surface area contributed by atoms with Crippen LogP contribution in [0.2, 0.25) is 0 Å². The molecule has 2 aromatic carbocycles. The van der Waals surface area contributed by atoms with E-state index in [1.807, 2.05) is 0 Å². The van der Waals surface area contributed by atoms with Crippen LogP contribution in [0.5, 0.6) is 5.75 Å². The Morgan fingerprint density at radius 3 is 2.68 bits per heavy atom. The van der Waals surface area contributed by atoms with Crippen LogP contribution in [0.4, 0.5) is 0 Å². The SMILES string of the molecule is c1ccc2c(c1)CCN(Cc1ccc(OC[C@H]3CCCNC3)cc1)C2. The standard InChI is InChI=1S/C22H28N2O/c1-2-6-21-16-24(13-11-20(21)5-1)15-18-7-9-22(10-8-18)25-17-19-4-3-12-23-14-19/h1-2,5-10,19,23H,3-4,11-17H2/t19-/m0/s1. The van der Waals surface area contributed by atoms with Crippen molar-refractivity contribution in [2.75, 3.05) is 26.2 Å². The molecule has 2 heterocycles. The van der Waals surface area contributed by atoms with Gasteiger partial charge in [0.2, 0.25) is 0 Å². The van der Waals surface area contributed by atoms with Crippen molar-refractivity contribution in [1.82, 2.24) is 10.2 Å². The molecule has 3 heteroatoms. The molecule has 1 atom stereocenters. The maximum Gasteiger partial charge on any atom is 0.119 e. The van der Waals surface area contributed by atoms with Gasteiger partial charge in [-0.2, -0.15) is 0 Å². The first-order valence-electron chi connectivity index (χ1n) is 9.58. The average molecular weight is 336 g/mol. The van der Waals surface area contributed by atoms with Crippen molar-refractivity contribution in [3.63, 3.8) is 0 Å². The zero-order valence-corrected chi connectivity index (χ0v) is 14.9. The van der Waals surface area contributed by atoms with Crippen molar-refractivity contribution >= 4 is 0 Å². The van der Waals surface area contributed by atoms with Crippen molar-refractivity contribution in [1.29, 1.82) is 0 Å². The second-order valence-corrected chi connectivity index (χ2v) is 7.40. The highest BCUT2D eigenvalue weighted by Gasteiger charge is 2.16. The van der Waals surface area contributed by atoms with Crippen molar-refractivity contribution < 1.29 is 4.74 Å². The van der Waals surface area contributed by atoms with Crippen molar-refractivity contribution in [2.24, 2.45) is 5.92 Å². The molecule has 4 rings (SSSR count). The Morgan fingerprint density at radius 2 is 1.88 bits per heavy atom. The van der Waals surface area contributed by atoms with Gasteiger partial charge in [0.1, 0.15) is 5.75 Å². The molecule has 1 fully saturated rings. The first-order chi connectivity index (χ1) is 12.4. The quantitative estimate of drug-likeness (QED) is 0.902. The monoisotopic (exact) mass is 336 g/mol. The molecule has 0 saturated carbocycles. The Labute approximate surface area is 151 Å². The van der Waals surface area contributed by atoms with E-state index >= 15 is 0 Å². The molecule has 3 nitrogen and oxygen atoms in total. The highest BCUT2D eigenvalue weighted by atomic mass is 16.5. The van der Waals surface area contributed by atoms with Gasteiger partial charge in [0.25, 0.3) is 0 Å². The van der Waals surface area contributed by atoms with Crippen LogP contribution in [0.3, 0.4) is 0 Å². The van der Waals surface area contributed by atoms with Crippen LogP contribution in [0.1, 0.15) is 29.5 Å². The Balaban J connectivity index is 1.29. The maximum absolute atomic E-state index is 5.98. The fourth-order valence-corrected chi connectivity index (χ4v) is 3.92. The predicted octanol–water partition coefficient (Wildman–Crippen LogP) is 3.62. The van der Waals surface area contributed by atoms with Crippen molar-refractivity contribution in [3.8, 4) is 5.75 Å². The smallest absolute Gasteiger partial charge is 0.119 e. The van der Waals surface area contributed by atoms with Gasteiger partial charge >= 0.3 is 0 Å². The average Bonchev–Trinajstić information content (AvgIpc) is 2.68. The first-order valence-corrected chi connectivity index (χ1v) is 9.58. The lowest BCUT2D eigenvalue weighted by Crippen LogP contribution is -2.33. The molecule has 1 N–H and O–H groups in total. The summed E-state index contributed by atoms with van der Waals surface area (Å²) in [5.41, 5.74) is 4.36. The molecule has 0 amide bonds. The van der Waals surface area contributed by atoms with Crippen LogP contribution in [-0.4, -0.2) is 31.1 Å². The van der Waals surface area contributed by atoms with E-state index in [4.69, 9.17) is 4.74 Å². The molecule has 2 aliphatic rings. The summed E-state index contributed by atoms with van der Waals surface area (Å²) in [5.74, 6) is 1.65. The summed E-state index contributed by atoms with van der Waals surface area (Å²) < 4.78 is 5.98. The molecule has 0 spiro atoms. The number of nitrogens with one attached hydrogen (secondary N) is 1. The molecule has 1 saturated heterocycles. The van der Waals surface area contributed by atoms with E-state index in [0.717, 1.165) is 51.5 Å². The summed E-state index contributed by atoms with van der Waals surface area (Å²) in [7, 11) is 0. The van der Waals surface area contributed by atoms with E-state index in [2.05, 4.69) is 58.7 Å². The normalized spacial score (nSPS) is 20.9. The summed E-state index contributed by atoms with van der Waals surface area (Å²) in [5, 5.41) is 3.45. The Morgan fingerprint density at radius 1 is 1.04 bits per heavy atom. The number of fused-ring (bicyclic) bond motifs is 1. The van der Waals surface area contributed by atoms with E-state index in [1.54, 1.807) is 0 Å². The molecule has 132 valence electrons. The van der Waals surface area contributed by atoms with E-state index < -0.39 is 0 Å². The molecular weight excluding hydrogens is 308 g/mol. The number of hydrogen-bond acceptors (Lipinski definition) is 3. The fraction of sp³-hybridized carbons (Fsp3) is 0.455. The summed E-state index contributed by atoms with van der Waals surface area (Å²) in [6.07, 6.45) is 3.71. The van der Waals surface area contributed by atoms with Gasteiger partial charge in [0.15, 0.2) is 0 Å². The van der Waals surface area contributed by atoms with Gasteiger partial charge in [-0.05, 0) is 54.6 Å². The van der Waals surface area contributed by atoms with Gasteiger partial charge in [-0.15, -0.1) is 0 Å². The molecule has 0 unspecified atom stereocenters. The van der Waals surface area contributed by atoms with Crippen LogP contribution < -0.4 is 10.1 Å². The Kier molecular flexibility index (Phi) is 5.34. The largest absolute Gasteiger partial charge is 0.493 e. The van der Waals surface area contributed by atoms with Gasteiger partial charge < -0.3 is 10.1 Å². The van der Waals surface area contributed by atoms with Gasteiger partial charge in [-0.25, -0.2) is 0 Å². The highest BCUT2D eigenvalue weighted by molar-refractivity contribution is 5.30. The second-order valence-electron chi connectivity index (χ2n) is 7.40. The number of nitrogens with zero attached hydrogens (tertiary/aromatic N) is 1. The molecule has 2 aromatic rings. The lowest BCUT2D eigenvalue weighted by atomic mass is 9.99. The number of benzene rings is 2. The third-order valence-corrected chi connectivity index (χ3v) is 5.42. The van der Waals surface area contributed by atoms with Gasteiger partial charge in [-0.1, -0.05) is 36.4 Å². The first kappa shape index (κ1) is 16.6. The minimum atomic E-state index is 0.654. The number of piperidine rings is 1. The van der Waals surface area contributed by atoms with Crippen LogP contribution in [0.15, 0.2) is 48.5 Å². The van der Waals surface area contributed by atoms with Gasteiger partial charge in [0.05, 0.1) is 6.61 Å². The summed E-state index contributed by atoms with van der Waals surface area (Å²) in [6, 6.07) is 17.5. The topological polar surface area (TPSA) is 24.5 Å². The summed E-state index contributed by atoms with van der Waals surface area (Å²) in [6.45, 7) is 6.30. The third kappa shape index (κ3) is 4.42. The summed E-state index contributed by atoms with van der Waals surface area (Å²) >= 11 is 0. The zero-order valence-electron chi connectivity index (χ0n) is 14.9. The number of rotatable bonds is 5. The lowest BCUT2D eigenvalue weighted by Gasteiger charge is -2.28. The minimum absolute atomic E-state index is 0.654. The second kappa shape index (κ2) is 8.03. The summed E-state index contributed by atoms with van der Waals surface area (Å²) in [4.78, 5) is 2.53.